The number of benzene rings is 2. The van der Waals surface area contributed by atoms with Gasteiger partial charge in [-0.25, -0.2) is 9.78 Å². The van der Waals surface area contributed by atoms with Gasteiger partial charge in [-0.1, -0.05) is 23.7 Å². The van der Waals surface area contributed by atoms with E-state index in [1.54, 1.807) is 37.7 Å². The predicted molar refractivity (Wildman–Crippen MR) is 189 cm³/mol. The van der Waals surface area contributed by atoms with Crippen molar-refractivity contribution in [2.24, 2.45) is 0 Å². The molecule has 15 heteroatoms. The smallest absolute Gasteiger partial charge is 0.328 e. The zero-order chi connectivity index (χ0) is 33.8. The molecule has 0 aliphatic carbocycles. The zero-order valence-corrected chi connectivity index (χ0v) is 28.6. The summed E-state index contributed by atoms with van der Waals surface area (Å²) in [5.41, 5.74) is 4.10. The SMILES string of the molecule is COc1cc(N2CCN(Cc3ccncc3N3CCC(=O)NC3=O)CC2)ccc1Nc1ncc(Cl)c(Nc2ccccc2P(C)(C)=O)n1. The Labute approximate surface area is 284 Å². The molecular weight excluding hydrogens is 653 g/mol. The fourth-order valence-corrected chi connectivity index (χ4v) is 7.08. The van der Waals surface area contributed by atoms with Gasteiger partial charge >= 0.3 is 6.03 Å². The number of carbonyl (C=O) groups excluding carboxylic acids is 2. The highest BCUT2D eigenvalue weighted by Gasteiger charge is 2.27. The second-order valence-electron chi connectivity index (χ2n) is 11.9. The quantitative estimate of drug-likeness (QED) is 0.193. The number of anilines is 6. The van der Waals surface area contributed by atoms with E-state index in [0.29, 0.717) is 52.3 Å². The van der Waals surface area contributed by atoms with Crippen LogP contribution < -0.4 is 35.8 Å². The Morgan fingerprint density at radius 3 is 2.52 bits per heavy atom. The van der Waals surface area contributed by atoms with Gasteiger partial charge < -0.3 is 24.8 Å². The predicted octanol–water partition coefficient (Wildman–Crippen LogP) is 5.04. The molecular formula is C33H37ClN9O4P. The fourth-order valence-electron chi connectivity index (χ4n) is 5.78. The summed E-state index contributed by atoms with van der Waals surface area (Å²) < 4.78 is 18.6. The number of aromatic nitrogens is 3. The number of nitrogens with one attached hydrogen (secondary N) is 3. The van der Waals surface area contributed by atoms with Gasteiger partial charge in [-0.05, 0) is 49.2 Å². The average Bonchev–Trinajstić information content (AvgIpc) is 3.07. The molecule has 2 aliphatic heterocycles. The molecule has 4 heterocycles. The summed E-state index contributed by atoms with van der Waals surface area (Å²) >= 11 is 6.44. The molecule has 48 heavy (non-hydrogen) atoms. The molecule has 13 nitrogen and oxygen atoms in total. The summed E-state index contributed by atoms with van der Waals surface area (Å²) in [4.78, 5) is 43.5. The van der Waals surface area contributed by atoms with Crippen LogP contribution in [0, 0.1) is 0 Å². The van der Waals surface area contributed by atoms with E-state index >= 15 is 0 Å². The van der Waals surface area contributed by atoms with Crippen molar-refractivity contribution < 1.29 is 18.9 Å². The van der Waals surface area contributed by atoms with E-state index in [1.165, 1.54) is 6.20 Å². The van der Waals surface area contributed by atoms with Gasteiger partial charge in [0.05, 0.1) is 36.6 Å². The molecule has 2 fully saturated rings. The van der Waals surface area contributed by atoms with Crippen LogP contribution in [0.1, 0.15) is 12.0 Å². The van der Waals surface area contributed by atoms with Crippen molar-refractivity contribution in [2.45, 2.75) is 13.0 Å². The highest BCUT2D eigenvalue weighted by molar-refractivity contribution is 7.70. The van der Waals surface area contributed by atoms with Gasteiger partial charge in [-0.15, -0.1) is 0 Å². The first-order valence-corrected chi connectivity index (χ1v) is 18.5. The Balaban J connectivity index is 1.11. The van der Waals surface area contributed by atoms with Crippen molar-refractivity contribution in [1.29, 1.82) is 0 Å². The molecule has 0 atom stereocenters. The number of para-hydroxylation sites is 1. The molecule has 0 spiro atoms. The molecule has 0 radical (unpaired) electrons. The number of amides is 3. The molecule has 2 saturated heterocycles. The minimum absolute atomic E-state index is 0.261. The van der Waals surface area contributed by atoms with Gasteiger partial charge in [0.2, 0.25) is 11.9 Å². The Bertz CT molecular complexity index is 1880. The Morgan fingerprint density at radius 1 is 0.979 bits per heavy atom. The lowest BCUT2D eigenvalue weighted by atomic mass is 10.1. The molecule has 0 bridgehead atoms. The standard InChI is InChI=1S/C33H37ClN9O4P/c1-47-28-18-23(42-16-14-41(15-17-42)21-22-10-12-35-20-27(22)43-13-11-30(44)39-33(43)45)8-9-25(28)38-32-36-19-24(34)31(40-32)37-26-6-4-5-7-29(26)48(2,3)46/h4-10,12,18-20H,11,13-17,21H2,1-3H3,(H,39,44,45)(H2,36,37,38,40). The average molecular weight is 690 g/mol. The minimum Gasteiger partial charge on any atom is -0.494 e. The summed E-state index contributed by atoms with van der Waals surface area (Å²) in [6, 6.07) is 14.9. The monoisotopic (exact) mass is 689 g/mol. The van der Waals surface area contributed by atoms with E-state index in [-0.39, 0.29) is 12.3 Å². The van der Waals surface area contributed by atoms with Crippen molar-refractivity contribution in [3.05, 3.63) is 77.7 Å². The Hall–Kier alpha value is -4.71. The normalized spacial score (nSPS) is 15.7. The topological polar surface area (TPSA) is 145 Å². The van der Waals surface area contributed by atoms with Gasteiger partial charge in [0.25, 0.3) is 0 Å². The molecule has 6 rings (SSSR count). The second kappa shape index (κ2) is 14.2. The number of nitrogens with zero attached hydrogens (tertiary/aromatic N) is 6. The molecule has 0 saturated carbocycles. The minimum atomic E-state index is -2.55. The van der Waals surface area contributed by atoms with Gasteiger partial charge in [0, 0.05) is 68.9 Å². The number of rotatable bonds is 10. The van der Waals surface area contributed by atoms with Crippen molar-refractivity contribution in [1.82, 2.24) is 25.2 Å². The number of methoxy groups -OCH3 is 1. The maximum atomic E-state index is 12.8. The molecule has 2 aromatic carbocycles. The van der Waals surface area contributed by atoms with Gasteiger partial charge in [0.15, 0.2) is 5.82 Å². The van der Waals surface area contributed by atoms with Gasteiger partial charge in [0.1, 0.15) is 17.9 Å². The van der Waals surface area contributed by atoms with Crippen molar-refractivity contribution in [3.8, 4) is 5.75 Å². The lowest BCUT2D eigenvalue weighted by Gasteiger charge is -2.37. The molecule has 250 valence electrons. The van der Waals surface area contributed by atoms with Gasteiger partial charge in [-0.2, -0.15) is 4.98 Å². The van der Waals surface area contributed by atoms with Crippen LogP contribution in [-0.2, 0) is 15.9 Å². The Kier molecular flexibility index (Phi) is 9.81. The van der Waals surface area contributed by atoms with Crippen molar-refractivity contribution in [3.63, 3.8) is 0 Å². The van der Waals surface area contributed by atoms with Crippen LogP contribution in [0.15, 0.2) is 67.1 Å². The number of hydrogen-bond donors (Lipinski definition) is 3. The molecule has 3 N–H and O–H groups in total. The summed E-state index contributed by atoms with van der Waals surface area (Å²) in [6.07, 6.45) is 5.19. The van der Waals surface area contributed by atoms with E-state index < -0.39 is 13.2 Å². The van der Waals surface area contributed by atoms with Crippen LogP contribution in [0.5, 0.6) is 5.75 Å². The van der Waals surface area contributed by atoms with E-state index in [0.717, 1.165) is 43.1 Å². The van der Waals surface area contributed by atoms with Crippen LogP contribution in [0.4, 0.5) is 39.3 Å². The Morgan fingerprint density at radius 2 is 1.77 bits per heavy atom. The van der Waals surface area contributed by atoms with E-state index in [2.05, 4.69) is 40.7 Å². The number of urea groups is 1. The highest BCUT2D eigenvalue weighted by Crippen LogP contribution is 2.39. The summed E-state index contributed by atoms with van der Waals surface area (Å²) in [7, 11) is -0.929. The zero-order valence-electron chi connectivity index (χ0n) is 26.9. The number of ether oxygens (including phenoxy) is 1. The maximum absolute atomic E-state index is 12.8. The van der Waals surface area contributed by atoms with Gasteiger partial charge in [-0.3, -0.25) is 24.9 Å². The fraction of sp³-hybridized carbons (Fsp3) is 0.303. The third-order valence-electron chi connectivity index (χ3n) is 8.28. The summed E-state index contributed by atoms with van der Waals surface area (Å²) in [5, 5.41) is 9.89. The highest BCUT2D eigenvalue weighted by atomic mass is 35.5. The summed E-state index contributed by atoms with van der Waals surface area (Å²) in [6.45, 7) is 7.68. The molecule has 3 amide bonds. The number of carbonyl (C=O) groups is 2. The van der Waals surface area contributed by atoms with Crippen LogP contribution in [0.3, 0.4) is 0 Å². The first-order valence-electron chi connectivity index (χ1n) is 15.5. The number of pyridine rings is 1. The van der Waals surface area contributed by atoms with Crippen molar-refractivity contribution >= 4 is 70.5 Å². The number of imide groups is 1. The lowest BCUT2D eigenvalue weighted by molar-refractivity contribution is -0.120. The first kappa shape index (κ1) is 33.2. The first-order chi connectivity index (χ1) is 23.1. The molecule has 2 aliphatic rings. The van der Waals surface area contributed by atoms with Crippen LogP contribution in [0.2, 0.25) is 5.02 Å². The van der Waals surface area contributed by atoms with Crippen LogP contribution in [0.25, 0.3) is 0 Å². The summed E-state index contributed by atoms with van der Waals surface area (Å²) in [5.74, 6) is 1.07. The number of halogens is 1. The molecule has 0 unspecified atom stereocenters. The molecule has 2 aromatic heterocycles. The van der Waals surface area contributed by atoms with E-state index in [1.807, 2.05) is 48.5 Å². The van der Waals surface area contributed by atoms with Crippen LogP contribution in [-0.4, -0.2) is 85.0 Å². The second-order valence-corrected chi connectivity index (χ2v) is 15.5. The lowest BCUT2D eigenvalue weighted by Crippen LogP contribution is -2.50. The number of piperazine rings is 1. The van der Waals surface area contributed by atoms with Crippen molar-refractivity contribution in [2.75, 3.05) is 73.6 Å². The molecule has 4 aromatic rings. The third kappa shape index (κ3) is 7.54. The largest absolute Gasteiger partial charge is 0.494 e. The maximum Gasteiger partial charge on any atom is 0.328 e. The van der Waals surface area contributed by atoms with E-state index in [4.69, 9.17) is 16.3 Å². The van der Waals surface area contributed by atoms with E-state index in [9.17, 15) is 14.2 Å². The van der Waals surface area contributed by atoms with Crippen LogP contribution >= 0.6 is 18.7 Å². The third-order valence-corrected chi connectivity index (χ3v) is 10.1. The number of hydrogen-bond acceptors (Lipinski definition) is 11.